The van der Waals surface area contributed by atoms with Crippen LogP contribution in [0.25, 0.3) is 10.2 Å². The third-order valence-corrected chi connectivity index (χ3v) is 8.47. The molecule has 0 saturated heterocycles. The number of nitrogens with zero attached hydrogens (tertiary/aromatic N) is 1. The zero-order valence-corrected chi connectivity index (χ0v) is 20.6. The molecule has 1 aromatic carbocycles. The summed E-state index contributed by atoms with van der Waals surface area (Å²) in [5.74, 6) is -0.338. The molecule has 0 fully saturated rings. The summed E-state index contributed by atoms with van der Waals surface area (Å²) in [5.41, 5.74) is 10.3. The summed E-state index contributed by atoms with van der Waals surface area (Å²) < 4.78 is 5.36. The number of pyridine rings is 1. The Morgan fingerprint density at radius 2 is 1.97 bits per heavy atom. The molecule has 3 heterocycles. The van der Waals surface area contributed by atoms with Crippen molar-refractivity contribution in [2.75, 3.05) is 17.7 Å². The number of hydrogen-bond acceptors (Lipinski definition) is 7. The van der Waals surface area contributed by atoms with Crippen LogP contribution in [0.2, 0.25) is 0 Å². The highest BCUT2D eigenvalue weighted by atomic mass is 32.1. The van der Waals surface area contributed by atoms with Crippen LogP contribution in [0.3, 0.4) is 0 Å². The van der Waals surface area contributed by atoms with Crippen molar-refractivity contribution in [3.05, 3.63) is 74.6 Å². The van der Waals surface area contributed by atoms with Gasteiger partial charge in [0.25, 0.3) is 5.91 Å². The summed E-state index contributed by atoms with van der Waals surface area (Å²) in [4.78, 5) is 32.9. The normalized spacial score (nSPS) is 15.2. The molecule has 1 aliphatic rings. The van der Waals surface area contributed by atoms with Gasteiger partial charge >= 0.3 is 5.97 Å². The Kier molecular flexibility index (Phi) is 6.10. The Morgan fingerprint density at radius 1 is 1.18 bits per heavy atom. The minimum Gasteiger partial charge on any atom is -0.462 e. The number of benzene rings is 1. The van der Waals surface area contributed by atoms with Gasteiger partial charge in [-0.15, -0.1) is 22.7 Å². The first-order valence-corrected chi connectivity index (χ1v) is 12.9. The van der Waals surface area contributed by atoms with Crippen molar-refractivity contribution < 1.29 is 14.3 Å². The van der Waals surface area contributed by atoms with Crippen molar-refractivity contribution in [3.63, 3.8) is 0 Å². The van der Waals surface area contributed by atoms with Crippen molar-refractivity contribution in [3.8, 4) is 0 Å². The van der Waals surface area contributed by atoms with Crippen LogP contribution in [0.5, 0.6) is 0 Å². The highest BCUT2D eigenvalue weighted by Gasteiger charge is 2.31. The van der Waals surface area contributed by atoms with Gasteiger partial charge in [-0.25, -0.2) is 9.78 Å². The monoisotopic (exact) mass is 491 g/mol. The van der Waals surface area contributed by atoms with Gasteiger partial charge < -0.3 is 15.8 Å². The maximum absolute atomic E-state index is 13.3. The number of nitrogens with one attached hydrogen (secondary N) is 1. The minimum absolute atomic E-state index is 0.276. The first-order chi connectivity index (χ1) is 16.5. The van der Waals surface area contributed by atoms with Gasteiger partial charge in [-0.3, -0.25) is 4.79 Å². The summed E-state index contributed by atoms with van der Waals surface area (Å²) in [6, 6.07) is 14.2. The fraction of sp³-hybridized carbons (Fsp3) is 0.269. The van der Waals surface area contributed by atoms with Gasteiger partial charge in [0.05, 0.1) is 17.9 Å². The number of nitrogen functional groups attached to an aromatic ring is 1. The molecule has 4 aromatic rings. The number of hydrogen-bond donors (Lipinski definition) is 2. The SMILES string of the molecule is CCOC(=O)c1c(NC(=O)c2sc3nc(C)ccc3c2N)sc2c1CCC(c1ccccc1)C2. The van der Waals surface area contributed by atoms with E-state index in [2.05, 4.69) is 34.6 Å². The standard InChI is InChI=1S/C26H25N3O3S2/c1-3-32-26(31)20-17-12-10-16(15-7-5-4-6-8-15)13-19(17)33-25(20)29-23(30)22-21(27)18-11-9-14(2)28-24(18)34-22/h4-9,11,16H,3,10,12-13,27H2,1-2H3,(H,29,30). The van der Waals surface area contributed by atoms with Crippen LogP contribution >= 0.6 is 22.7 Å². The maximum atomic E-state index is 13.3. The molecule has 3 N–H and O–H groups in total. The number of nitrogens with two attached hydrogens (primary N) is 1. The molecule has 0 radical (unpaired) electrons. The number of ether oxygens (including phenoxy) is 1. The lowest BCUT2D eigenvalue weighted by molar-refractivity contribution is 0.0526. The molecule has 174 valence electrons. The van der Waals surface area contributed by atoms with E-state index < -0.39 is 5.97 Å². The smallest absolute Gasteiger partial charge is 0.341 e. The largest absolute Gasteiger partial charge is 0.462 e. The predicted molar refractivity (Wildman–Crippen MR) is 138 cm³/mol. The first kappa shape index (κ1) is 22.6. The van der Waals surface area contributed by atoms with E-state index in [-0.39, 0.29) is 12.5 Å². The van der Waals surface area contributed by atoms with E-state index in [0.29, 0.717) is 27.0 Å². The molecule has 1 unspecified atom stereocenters. The zero-order chi connectivity index (χ0) is 23.8. The van der Waals surface area contributed by atoms with E-state index in [1.807, 2.05) is 25.1 Å². The van der Waals surface area contributed by atoms with E-state index in [0.717, 1.165) is 45.6 Å². The average Bonchev–Trinajstić information content (AvgIpc) is 3.36. The Bertz CT molecular complexity index is 1390. The predicted octanol–water partition coefficient (Wildman–Crippen LogP) is 5.95. The summed E-state index contributed by atoms with van der Waals surface area (Å²) in [5, 5.41) is 4.27. The third kappa shape index (κ3) is 4.08. The molecule has 1 atom stereocenters. The quantitative estimate of drug-likeness (QED) is 0.337. The molecule has 0 spiro atoms. The number of aryl methyl sites for hydroxylation is 1. The van der Waals surface area contributed by atoms with Gasteiger partial charge in [0, 0.05) is 16.0 Å². The van der Waals surface area contributed by atoms with E-state index in [9.17, 15) is 9.59 Å². The number of carbonyl (C=O) groups excluding carboxylic acids is 2. The number of esters is 1. The van der Waals surface area contributed by atoms with E-state index in [4.69, 9.17) is 10.5 Å². The number of carbonyl (C=O) groups is 2. The molecule has 0 aliphatic heterocycles. The first-order valence-electron chi connectivity index (χ1n) is 11.3. The highest BCUT2D eigenvalue weighted by Crippen LogP contribution is 2.43. The summed E-state index contributed by atoms with van der Waals surface area (Å²) in [7, 11) is 0. The maximum Gasteiger partial charge on any atom is 0.341 e. The number of amides is 1. The number of fused-ring (bicyclic) bond motifs is 2. The average molecular weight is 492 g/mol. The van der Waals surface area contributed by atoms with Crippen LogP contribution in [-0.4, -0.2) is 23.5 Å². The van der Waals surface area contributed by atoms with Crippen molar-refractivity contribution >= 4 is 55.5 Å². The van der Waals surface area contributed by atoms with Gasteiger partial charge in [0.15, 0.2) is 0 Å². The molecule has 5 rings (SSSR count). The van der Waals surface area contributed by atoms with Crippen LogP contribution in [0, 0.1) is 6.92 Å². The van der Waals surface area contributed by atoms with Gasteiger partial charge in [-0.05, 0) is 62.3 Å². The van der Waals surface area contributed by atoms with Gasteiger partial charge in [0.2, 0.25) is 0 Å². The molecule has 0 bridgehead atoms. The van der Waals surface area contributed by atoms with Crippen molar-refractivity contribution in [2.45, 2.75) is 39.0 Å². The summed E-state index contributed by atoms with van der Waals surface area (Å²) in [6.07, 6.45) is 2.55. The lowest BCUT2D eigenvalue weighted by Crippen LogP contribution is -2.17. The Balaban J connectivity index is 1.49. The second-order valence-corrected chi connectivity index (χ2v) is 10.5. The summed E-state index contributed by atoms with van der Waals surface area (Å²) in [6.45, 7) is 3.96. The van der Waals surface area contributed by atoms with Gasteiger partial charge in [0.1, 0.15) is 14.7 Å². The molecule has 6 nitrogen and oxygen atoms in total. The van der Waals surface area contributed by atoms with Crippen molar-refractivity contribution in [2.24, 2.45) is 0 Å². The van der Waals surface area contributed by atoms with Crippen LogP contribution in [-0.2, 0) is 17.6 Å². The minimum atomic E-state index is -0.393. The number of anilines is 2. The second kappa shape index (κ2) is 9.19. The second-order valence-electron chi connectivity index (χ2n) is 8.38. The number of rotatable bonds is 5. The third-order valence-electron chi connectivity index (χ3n) is 6.18. The Labute approximate surface area is 205 Å². The lowest BCUT2D eigenvalue weighted by Gasteiger charge is -2.23. The van der Waals surface area contributed by atoms with Gasteiger partial charge in [-0.1, -0.05) is 30.3 Å². The fourth-order valence-electron chi connectivity index (χ4n) is 4.52. The molecule has 3 aromatic heterocycles. The van der Waals surface area contributed by atoms with Gasteiger partial charge in [-0.2, -0.15) is 0 Å². The van der Waals surface area contributed by atoms with E-state index in [1.54, 1.807) is 6.92 Å². The van der Waals surface area contributed by atoms with Crippen molar-refractivity contribution in [1.29, 1.82) is 0 Å². The Hall–Kier alpha value is -3.23. The molecule has 0 saturated carbocycles. The van der Waals surface area contributed by atoms with E-state index >= 15 is 0 Å². The van der Waals surface area contributed by atoms with Crippen LogP contribution in [0.15, 0.2) is 42.5 Å². The molecular formula is C26H25N3O3S2. The molecular weight excluding hydrogens is 466 g/mol. The Morgan fingerprint density at radius 3 is 2.74 bits per heavy atom. The molecule has 34 heavy (non-hydrogen) atoms. The zero-order valence-electron chi connectivity index (χ0n) is 19.0. The molecule has 1 amide bonds. The number of aromatic nitrogens is 1. The lowest BCUT2D eigenvalue weighted by atomic mass is 9.83. The molecule has 8 heteroatoms. The van der Waals surface area contributed by atoms with Crippen LogP contribution < -0.4 is 11.1 Å². The van der Waals surface area contributed by atoms with E-state index in [1.165, 1.54) is 28.2 Å². The molecule has 1 aliphatic carbocycles. The fourth-order valence-corrected chi connectivity index (χ4v) is 6.87. The van der Waals surface area contributed by atoms with Crippen LogP contribution in [0.1, 0.15) is 61.0 Å². The summed E-state index contributed by atoms with van der Waals surface area (Å²) >= 11 is 2.73. The highest BCUT2D eigenvalue weighted by molar-refractivity contribution is 7.21. The van der Waals surface area contributed by atoms with Crippen LogP contribution in [0.4, 0.5) is 10.7 Å². The number of thiophene rings is 2. The van der Waals surface area contributed by atoms with Crippen molar-refractivity contribution in [1.82, 2.24) is 4.98 Å². The topological polar surface area (TPSA) is 94.3 Å².